The number of amides is 2. The first-order chi connectivity index (χ1) is 9.93. The van der Waals surface area contributed by atoms with Crippen molar-refractivity contribution in [3.8, 4) is 0 Å². The van der Waals surface area contributed by atoms with Gasteiger partial charge < -0.3 is 15.7 Å². The van der Waals surface area contributed by atoms with E-state index < -0.39 is 17.7 Å². The molecule has 1 aromatic rings. The van der Waals surface area contributed by atoms with Gasteiger partial charge in [-0.05, 0) is 24.0 Å². The third kappa shape index (κ3) is 3.69. The summed E-state index contributed by atoms with van der Waals surface area (Å²) in [4.78, 5) is 11.8. The zero-order valence-electron chi connectivity index (χ0n) is 12.1. The molecule has 0 bridgehead atoms. The molecule has 4 nitrogen and oxygen atoms in total. The van der Waals surface area contributed by atoms with Crippen molar-refractivity contribution in [2.75, 3.05) is 6.61 Å². The van der Waals surface area contributed by atoms with Crippen molar-refractivity contribution in [1.29, 1.82) is 0 Å². The third-order valence-corrected chi connectivity index (χ3v) is 3.81. The molecule has 2 amide bonds. The van der Waals surface area contributed by atoms with E-state index in [-0.39, 0.29) is 30.5 Å². The molecule has 3 atom stereocenters. The van der Waals surface area contributed by atoms with Crippen LogP contribution in [0.25, 0.3) is 0 Å². The van der Waals surface area contributed by atoms with E-state index in [4.69, 9.17) is 5.11 Å². The molecular weight excluding hydrogens is 278 g/mol. The molecule has 0 aliphatic heterocycles. The van der Waals surface area contributed by atoms with E-state index in [9.17, 15) is 13.6 Å². The first kappa shape index (κ1) is 15.7. The number of hydrogen-bond acceptors (Lipinski definition) is 2. The van der Waals surface area contributed by atoms with Gasteiger partial charge >= 0.3 is 6.03 Å². The van der Waals surface area contributed by atoms with E-state index in [1.165, 1.54) is 12.1 Å². The highest BCUT2D eigenvalue weighted by Crippen LogP contribution is 2.42. The molecule has 0 heterocycles. The maximum atomic E-state index is 13.6. The lowest BCUT2D eigenvalue weighted by Crippen LogP contribution is -2.47. The minimum Gasteiger partial charge on any atom is -0.394 e. The lowest BCUT2D eigenvalue weighted by molar-refractivity contribution is 0.198. The van der Waals surface area contributed by atoms with Crippen LogP contribution < -0.4 is 10.6 Å². The Bertz CT molecular complexity index is 522. The summed E-state index contributed by atoms with van der Waals surface area (Å²) in [5.74, 6) is -1.81. The first-order valence-corrected chi connectivity index (χ1v) is 7.05. The summed E-state index contributed by atoms with van der Waals surface area (Å²) < 4.78 is 26.8. The van der Waals surface area contributed by atoms with Gasteiger partial charge in [0.15, 0.2) is 11.6 Å². The second kappa shape index (κ2) is 6.39. The number of aliphatic hydroxyl groups excluding tert-OH is 1. The summed E-state index contributed by atoms with van der Waals surface area (Å²) >= 11 is 0. The normalized spacial score (nSPS) is 22.0. The highest BCUT2D eigenvalue weighted by molar-refractivity contribution is 5.75. The van der Waals surface area contributed by atoms with Crippen LogP contribution in [-0.2, 0) is 0 Å². The molecule has 1 saturated carbocycles. The molecule has 1 aromatic carbocycles. The van der Waals surface area contributed by atoms with Crippen LogP contribution >= 0.6 is 0 Å². The maximum Gasteiger partial charge on any atom is 0.315 e. The molecule has 0 saturated heterocycles. The van der Waals surface area contributed by atoms with Crippen molar-refractivity contribution in [3.63, 3.8) is 0 Å². The average Bonchev–Trinajstić information content (AvgIpc) is 3.17. The average molecular weight is 298 g/mol. The summed E-state index contributed by atoms with van der Waals surface area (Å²) in [6, 6.07) is 3.15. The number of halogens is 2. The summed E-state index contributed by atoms with van der Waals surface area (Å²) in [7, 11) is 0. The van der Waals surface area contributed by atoms with Gasteiger partial charge in [-0.1, -0.05) is 26.0 Å². The van der Waals surface area contributed by atoms with Crippen LogP contribution in [0.1, 0.15) is 31.7 Å². The predicted molar refractivity (Wildman–Crippen MR) is 74.9 cm³/mol. The number of carbonyl (C=O) groups excluding carboxylic acids is 1. The predicted octanol–water partition coefficient (Wildman–Crippen LogP) is 2.14. The quantitative estimate of drug-likeness (QED) is 0.780. The molecule has 6 heteroatoms. The number of aliphatic hydroxyl groups is 1. The Balaban J connectivity index is 1.89. The van der Waals surface area contributed by atoms with Crippen LogP contribution in [-0.4, -0.2) is 29.8 Å². The van der Waals surface area contributed by atoms with Crippen molar-refractivity contribution in [2.45, 2.75) is 38.3 Å². The van der Waals surface area contributed by atoms with Gasteiger partial charge in [0, 0.05) is 12.0 Å². The zero-order valence-corrected chi connectivity index (χ0v) is 12.1. The van der Waals surface area contributed by atoms with Gasteiger partial charge in [-0.25, -0.2) is 13.6 Å². The lowest BCUT2D eigenvalue weighted by atomic mass is 10.1. The second-order valence-electron chi connectivity index (χ2n) is 5.74. The van der Waals surface area contributed by atoms with Crippen LogP contribution in [0.5, 0.6) is 0 Å². The van der Waals surface area contributed by atoms with Crippen LogP contribution in [0.4, 0.5) is 13.6 Å². The molecule has 21 heavy (non-hydrogen) atoms. The van der Waals surface area contributed by atoms with Crippen molar-refractivity contribution < 1.29 is 18.7 Å². The number of nitrogens with one attached hydrogen (secondary N) is 2. The highest BCUT2D eigenvalue weighted by Gasteiger charge is 2.41. The van der Waals surface area contributed by atoms with Gasteiger partial charge in [-0.15, -0.1) is 0 Å². The van der Waals surface area contributed by atoms with E-state index in [0.29, 0.717) is 12.0 Å². The zero-order chi connectivity index (χ0) is 15.6. The Morgan fingerprint density at radius 3 is 2.76 bits per heavy atom. The van der Waals surface area contributed by atoms with Crippen LogP contribution in [0.3, 0.4) is 0 Å². The number of benzene rings is 1. The molecule has 1 fully saturated rings. The van der Waals surface area contributed by atoms with Crippen LogP contribution in [0, 0.1) is 17.6 Å². The first-order valence-electron chi connectivity index (χ1n) is 7.05. The Morgan fingerprint density at radius 2 is 2.14 bits per heavy atom. The number of urea groups is 1. The molecule has 1 aliphatic carbocycles. The SMILES string of the molecule is CC(C)[C@@H](CO)NC(=O)N[C@@H]1C[C@@H]1c1cccc(F)c1F. The molecule has 0 aromatic heterocycles. The monoisotopic (exact) mass is 298 g/mol. The van der Waals surface area contributed by atoms with Gasteiger partial charge in [0.05, 0.1) is 12.6 Å². The Hall–Kier alpha value is -1.69. The minimum absolute atomic E-state index is 0.108. The van der Waals surface area contributed by atoms with Crippen molar-refractivity contribution in [3.05, 3.63) is 35.4 Å². The summed E-state index contributed by atoms with van der Waals surface area (Å²) in [6.07, 6.45) is 0.583. The van der Waals surface area contributed by atoms with E-state index in [2.05, 4.69) is 10.6 Å². The standard InChI is InChI=1S/C15H20F2N2O2/c1-8(2)13(7-20)19-15(21)18-12-6-10(12)9-4-3-5-11(16)14(9)17/h3-5,8,10,12-13,20H,6-7H2,1-2H3,(H2,18,19,21)/t10-,12-,13-/m1/s1. The van der Waals surface area contributed by atoms with Crippen LogP contribution in [0.15, 0.2) is 18.2 Å². The maximum absolute atomic E-state index is 13.6. The second-order valence-corrected chi connectivity index (χ2v) is 5.74. The highest BCUT2D eigenvalue weighted by atomic mass is 19.2. The van der Waals surface area contributed by atoms with E-state index in [1.54, 1.807) is 0 Å². The Morgan fingerprint density at radius 1 is 1.43 bits per heavy atom. The molecule has 1 aliphatic rings. The minimum atomic E-state index is -0.872. The fourth-order valence-corrected chi connectivity index (χ4v) is 2.31. The van der Waals surface area contributed by atoms with E-state index >= 15 is 0 Å². The summed E-state index contributed by atoms with van der Waals surface area (Å²) in [6.45, 7) is 3.64. The lowest BCUT2D eigenvalue weighted by Gasteiger charge is -2.20. The fraction of sp³-hybridized carbons (Fsp3) is 0.533. The number of carbonyl (C=O) groups is 1. The van der Waals surface area contributed by atoms with Gasteiger partial charge in [-0.2, -0.15) is 0 Å². The summed E-state index contributed by atoms with van der Waals surface area (Å²) in [5.41, 5.74) is 0.294. The smallest absolute Gasteiger partial charge is 0.315 e. The van der Waals surface area contributed by atoms with Crippen LogP contribution in [0.2, 0.25) is 0 Å². The van der Waals surface area contributed by atoms with Crippen molar-refractivity contribution in [2.24, 2.45) is 5.92 Å². The molecule has 0 spiro atoms. The van der Waals surface area contributed by atoms with Gasteiger partial charge in [-0.3, -0.25) is 0 Å². The van der Waals surface area contributed by atoms with E-state index in [1.807, 2.05) is 13.8 Å². The number of rotatable bonds is 5. The van der Waals surface area contributed by atoms with Gasteiger partial charge in [0.25, 0.3) is 0 Å². The van der Waals surface area contributed by atoms with E-state index in [0.717, 1.165) is 6.07 Å². The fourth-order valence-electron chi connectivity index (χ4n) is 2.31. The van der Waals surface area contributed by atoms with Gasteiger partial charge in [0.2, 0.25) is 0 Å². The van der Waals surface area contributed by atoms with Crippen molar-refractivity contribution in [1.82, 2.24) is 10.6 Å². The molecule has 3 N–H and O–H groups in total. The Labute approximate surface area is 122 Å². The summed E-state index contributed by atoms with van der Waals surface area (Å²) in [5, 5.41) is 14.5. The largest absolute Gasteiger partial charge is 0.394 e. The molecular formula is C15H20F2N2O2. The third-order valence-electron chi connectivity index (χ3n) is 3.81. The van der Waals surface area contributed by atoms with Gasteiger partial charge in [0.1, 0.15) is 0 Å². The molecule has 0 unspecified atom stereocenters. The molecule has 116 valence electrons. The topological polar surface area (TPSA) is 61.4 Å². The van der Waals surface area contributed by atoms with Crippen molar-refractivity contribution >= 4 is 6.03 Å². The number of hydrogen-bond donors (Lipinski definition) is 3. The molecule has 0 radical (unpaired) electrons. The molecule has 2 rings (SSSR count). The Kier molecular flexibility index (Phi) is 4.77.